The first-order chi connectivity index (χ1) is 7.93. The van der Waals surface area contributed by atoms with Crippen LogP contribution in [0.3, 0.4) is 0 Å². The summed E-state index contributed by atoms with van der Waals surface area (Å²) in [5.41, 5.74) is -0.399. The Morgan fingerprint density at radius 2 is 2.18 bits per heavy atom. The lowest BCUT2D eigenvalue weighted by molar-refractivity contribution is 0.167. The van der Waals surface area contributed by atoms with E-state index in [1.807, 2.05) is 11.8 Å². The van der Waals surface area contributed by atoms with Crippen LogP contribution >= 0.6 is 0 Å². The maximum Gasteiger partial charge on any atom is 0.323 e. The fourth-order valence-electron chi connectivity index (χ4n) is 2.34. The zero-order chi connectivity index (χ0) is 12.6. The van der Waals surface area contributed by atoms with Gasteiger partial charge in [-0.2, -0.15) is 0 Å². The Morgan fingerprint density at radius 1 is 1.53 bits per heavy atom. The second kappa shape index (κ2) is 4.31. The third-order valence-electron chi connectivity index (χ3n) is 3.96. The zero-order valence-electron chi connectivity index (χ0n) is 11.0. The fourth-order valence-corrected chi connectivity index (χ4v) is 2.34. The van der Waals surface area contributed by atoms with E-state index in [1.54, 1.807) is 0 Å². The van der Waals surface area contributed by atoms with Crippen LogP contribution < -0.4 is 5.32 Å². The van der Waals surface area contributed by atoms with Gasteiger partial charge in [0, 0.05) is 6.54 Å². The Morgan fingerprint density at radius 3 is 2.71 bits per heavy atom. The van der Waals surface area contributed by atoms with Gasteiger partial charge in [0.25, 0.3) is 0 Å². The number of hydrogen-bond acceptors (Lipinski definition) is 2. The second-order valence-corrected chi connectivity index (χ2v) is 6.07. The number of rotatable bonds is 5. The van der Waals surface area contributed by atoms with E-state index in [-0.39, 0.29) is 6.03 Å². The third kappa shape index (κ3) is 2.45. The summed E-state index contributed by atoms with van der Waals surface area (Å²) in [4.78, 5) is 13.8. The lowest BCUT2D eigenvalue weighted by atomic mass is 9.90. The lowest BCUT2D eigenvalue weighted by Gasteiger charge is -2.34. The molecule has 0 aromatic heterocycles. The number of nitrogens with one attached hydrogen (secondary N) is 2. The molecule has 1 heterocycles. The molecule has 4 heteroatoms. The number of carbonyl (C=O) groups excluding carboxylic acids is 1. The van der Waals surface area contributed by atoms with Crippen molar-refractivity contribution in [3.05, 3.63) is 0 Å². The highest BCUT2D eigenvalue weighted by Crippen LogP contribution is 2.35. The molecule has 96 valence electrons. The predicted molar refractivity (Wildman–Crippen MR) is 68.2 cm³/mol. The minimum absolute atomic E-state index is 0.0758. The molecular weight excluding hydrogens is 214 g/mol. The summed E-state index contributed by atoms with van der Waals surface area (Å²) in [5, 5.41) is 10.7. The highest BCUT2D eigenvalue weighted by atomic mass is 16.2. The number of carbonyl (C=O) groups is 1. The van der Waals surface area contributed by atoms with Crippen molar-refractivity contribution in [2.45, 2.75) is 52.0 Å². The molecule has 1 saturated carbocycles. The highest BCUT2D eigenvalue weighted by molar-refractivity contribution is 6.08. The molecule has 1 aliphatic carbocycles. The van der Waals surface area contributed by atoms with Crippen molar-refractivity contribution in [1.29, 1.82) is 5.41 Å². The van der Waals surface area contributed by atoms with E-state index in [1.165, 1.54) is 12.8 Å². The molecule has 2 fully saturated rings. The molecule has 0 aromatic rings. The molecule has 0 bridgehead atoms. The minimum Gasteiger partial charge on any atom is -0.312 e. The van der Waals surface area contributed by atoms with Crippen molar-refractivity contribution in [2.24, 2.45) is 11.8 Å². The van der Waals surface area contributed by atoms with E-state index < -0.39 is 5.54 Å². The van der Waals surface area contributed by atoms with E-state index in [4.69, 9.17) is 5.41 Å². The first-order valence-corrected chi connectivity index (χ1v) is 6.61. The molecule has 1 saturated heterocycles. The highest BCUT2D eigenvalue weighted by Gasteiger charge is 2.47. The predicted octanol–water partition coefficient (Wildman–Crippen LogP) is 2.59. The van der Waals surface area contributed by atoms with Gasteiger partial charge in [0.1, 0.15) is 5.84 Å². The summed E-state index contributed by atoms with van der Waals surface area (Å²) in [6.45, 7) is 7.21. The van der Waals surface area contributed by atoms with Crippen LogP contribution in [0.4, 0.5) is 4.79 Å². The largest absolute Gasteiger partial charge is 0.323 e. The van der Waals surface area contributed by atoms with Crippen LogP contribution in [0.1, 0.15) is 46.5 Å². The van der Waals surface area contributed by atoms with E-state index in [0.29, 0.717) is 17.7 Å². The maximum absolute atomic E-state index is 11.9. The summed E-state index contributed by atoms with van der Waals surface area (Å²) < 4.78 is 0. The van der Waals surface area contributed by atoms with E-state index >= 15 is 0 Å². The standard InChI is InChI=1S/C13H23N3O/c1-9(2)6-7-13(3)11(14)15-12(17)16(13)8-10-4-5-10/h9-10H,4-8H2,1-3H3,(H2,14,15,17). The zero-order valence-corrected chi connectivity index (χ0v) is 11.0. The molecule has 17 heavy (non-hydrogen) atoms. The first-order valence-electron chi connectivity index (χ1n) is 6.61. The first kappa shape index (κ1) is 12.4. The molecule has 0 aromatic carbocycles. The second-order valence-electron chi connectivity index (χ2n) is 6.07. The van der Waals surface area contributed by atoms with Crippen LogP contribution in [0.5, 0.6) is 0 Å². The van der Waals surface area contributed by atoms with Crippen molar-refractivity contribution in [1.82, 2.24) is 10.2 Å². The summed E-state index contributed by atoms with van der Waals surface area (Å²) >= 11 is 0. The number of amides is 2. The van der Waals surface area contributed by atoms with Crippen molar-refractivity contribution < 1.29 is 4.79 Å². The summed E-state index contributed by atoms with van der Waals surface area (Å²) in [7, 11) is 0. The van der Waals surface area contributed by atoms with Gasteiger partial charge in [-0.3, -0.25) is 10.7 Å². The lowest BCUT2D eigenvalue weighted by Crippen LogP contribution is -2.47. The van der Waals surface area contributed by atoms with Gasteiger partial charge in [-0.15, -0.1) is 0 Å². The van der Waals surface area contributed by atoms with Gasteiger partial charge in [-0.25, -0.2) is 4.79 Å². The third-order valence-corrected chi connectivity index (χ3v) is 3.96. The summed E-state index contributed by atoms with van der Waals surface area (Å²) in [6, 6.07) is -0.0758. The van der Waals surface area contributed by atoms with Gasteiger partial charge in [-0.05, 0) is 44.4 Å². The Hall–Kier alpha value is -1.06. The molecule has 0 radical (unpaired) electrons. The monoisotopic (exact) mass is 237 g/mol. The SMILES string of the molecule is CC(C)CCC1(C)C(=N)NC(=O)N1CC1CC1. The number of amidine groups is 1. The summed E-state index contributed by atoms with van der Waals surface area (Å²) in [5.74, 6) is 1.66. The van der Waals surface area contributed by atoms with Crippen LogP contribution in [0.25, 0.3) is 0 Å². The van der Waals surface area contributed by atoms with Crippen LogP contribution in [0.15, 0.2) is 0 Å². The minimum atomic E-state index is -0.399. The van der Waals surface area contributed by atoms with Gasteiger partial charge >= 0.3 is 6.03 Å². The van der Waals surface area contributed by atoms with Gasteiger partial charge in [0.05, 0.1) is 5.54 Å². The Bertz CT molecular complexity index is 336. The Labute approximate surface area is 103 Å². The van der Waals surface area contributed by atoms with Gasteiger partial charge in [0.15, 0.2) is 0 Å². The molecule has 2 rings (SSSR count). The molecule has 2 aliphatic rings. The van der Waals surface area contributed by atoms with Crippen LogP contribution in [0, 0.1) is 17.2 Å². The molecule has 1 atom stereocenters. The van der Waals surface area contributed by atoms with E-state index in [9.17, 15) is 4.79 Å². The number of hydrogen-bond donors (Lipinski definition) is 2. The molecule has 2 N–H and O–H groups in total. The van der Waals surface area contributed by atoms with Crippen LogP contribution in [-0.2, 0) is 0 Å². The fraction of sp³-hybridized carbons (Fsp3) is 0.846. The molecule has 4 nitrogen and oxygen atoms in total. The van der Waals surface area contributed by atoms with Crippen molar-refractivity contribution in [3.63, 3.8) is 0 Å². The smallest absolute Gasteiger partial charge is 0.312 e. The average Bonchev–Trinajstić information content (AvgIpc) is 3.02. The van der Waals surface area contributed by atoms with Crippen molar-refractivity contribution in [3.8, 4) is 0 Å². The molecule has 0 spiro atoms. The van der Waals surface area contributed by atoms with Crippen molar-refractivity contribution >= 4 is 11.9 Å². The molecule has 1 unspecified atom stereocenters. The summed E-state index contributed by atoms with van der Waals surface area (Å²) in [6.07, 6.45) is 4.40. The number of urea groups is 1. The quantitative estimate of drug-likeness (QED) is 0.758. The van der Waals surface area contributed by atoms with Gasteiger partial charge < -0.3 is 4.90 Å². The molecular formula is C13H23N3O. The maximum atomic E-state index is 11.9. The Balaban J connectivity index is 2.08. The van der Waals surface area contributed by atoms with E-state index in [2.05, 4.69) is 19.2 Å². The van der Waals surface area contributed by atoms with E-state index in [0.717, 1.165) is 19.4 Å². The topological polar surface area (TPSA) is 56.2 Å². The number of nitrogens with zero attached hydrogens (tertiary/aromatic N) is 1. The normalized spacial score (nSPS) is 29.1. The van der Waals surface area contributed by atoms with Crippen molar-refractivity contribution in [2.75, 3.05) is 6.54 Å². The molecule has 1 aliphatic heterocycles. The Kier molecular flexibility index (Phi) is 3.15. The molecule has 2 amide bonds. The van der Waals surface area contributed by atoms with Gasteiger partial charge in [0.2, 0.25) is 0 Å². The van der Waals surface area contributed by atoms with Crippen LogP contribution in [0.2, 0.25) is 0 Å². The average molecular weight is 237 g/mol. The van der Waals surface area contributed by atoms with Gasteiger partial charge in [-0.1, -0.05) is 13.8 Å². The van der Waals surface area contributed by atoms with Crippen LogP contribution in [-0.4, -0.2) is 28.9 Å².